The Bertz CT molecular complexity index is 405. The van der Waals surface area contributed by atoms with Crippen LogP contribution in [0.5, 0.6) is 0 Å². The molecule has 1 heterocycles. The molecule has 0 N–H and O–H groups in total. The Morgan fingerprint density at radius 1 is 1.41 bits per heavy atom. The van der Waals surface area contributed by atoms with E-state index in [1.54, 1.807) is 26.0 Å². The second-order valence-electron chi connectivity index (χ2n) is 3.42. The lowest BCUT2D eigenvalue weighted by molar-refractivity contribution is -0.217. The largest absolute Gasteiger partial charge is 0.353 e. The highest BCUT2D eigenvalue weighted by atomic mass is 19.3. The number of allylic oxidation sites excluding steroid dienone is 2. The standard InChI is InChI=1S/C11H15F2N3O/c1-4-9(6-17-11(3,12)13)10(5-2)16-8-14-7-15-16/h4-5,7-8H,6H2,1-3H3/b9-4-,10-5+. The summed E-state index contributed by atoms with van der Waals surface area (Å²) in [6.07, 6.45) is 3.22. The smallest absolute Gasteiger partial charge is 0.316 e. The molecule has 6 heteroatoms. The zero-order chi connectivity index (χ0) is 12.9. The molecule has 0 bridgehead atoms. The zero-order valence-corrected chi connectivity index (χ0v) is 10.0. The molecule has 0 aliphatic rings. The third-order valence-electron chi connectivity index (χ3n) is 2.10. The lowest BCUT2D eigenvalue weighted by Gasteiger charge is -2.15. The van der Waals surface area contributed by atoms with Crippen molar-refractivity contribution in [2.75, 3.05) is 6.61 Å². The van der Waals surface area contributed by atoms with Crippen LogP contribution >= 0.6 is 0 Å². The third kappa shape index (κ3) is 4.07. The van der Waals surface area contributed by atoms with Crippen LogP contribution in [0, 0.1) is 0 Å². The van der Waals surface area contributed by atoms with E-state index >= 15 is 0 Å². The Hall–Kier alpha value is -1.56. The SMILES string of the molecule is C/C=C(COC(C)(F)F)\C(=C/C)n1cncn1. The summed E-state index contributed by atoms with van der Waals surface area (Å²) >= 11 is 0. The van der Waals surface area contributed by atoms with E-state index in [4.69, 9.17) is 0 Å². The van der Waals surface area contributed by atoms with Crippen LogP contribution in [0.2, 0.25) is 0 Å². The van der Waals surface area contributed by atoms with Gasteiger partial charge in [-0.2, -0.15) is 13.9 Å². The first kappa shape index (κ1) is 13.5. The first-order valence-corrected chi connectivity index (χ1v) is 5.16. The molecule has 0 atom stereocenters. The van der Waals surface area contributed by atoms with Crippen LogP contribution in [0.3, 0.4) is 0 Å². The molecular formula is C11H15F2N3O. The Labute approximate surface area is 98.6 Å². The van der Waals surface area contributed by atoms with Crippen molar-refractivity contribution < 1.29 is 13.5 Å². The monoisotopic (exact) mass is 243 g/mol. The van der Waals surface area contributed by atoms with Gasteiger partial charge in [0.1, 0.15) is 12.7 Å². The van der Waals surface area contributed by atoms with Crippen LogP contribution in [-0.2, 0) is 4.74 Å². The second-order valence-corrected chi connectivity index (χ2v) is 3.42. The molecule has 0 fully saturated rings. The summed E-state index contributed by atoms with van der Waals surface area (Å²) in [5.74, 6) is 0. The number of ether oxygens (including phenoxy) is 1. The summed E-state index contributed by atoms with van der Waals surface area (Å²) in [5, 5.41) is 3.95. The molecule has 1 aromatic heterocycles. The van der Waals surface area contributed by atoms with Gasteiger partial charge in [0.25, 0.3) is 0 Å². The fraction of sp³-hybridized carbons (Fsp3) is 0.455. The minimum atomic E-state index is -3.14. The fourth-order valence-corrected chi connectivity index (χ4v) is 1.31. The van der Waals surface area contributed by atoms with Crippen molar-refractivity contribution in [3.63, 3.8) is 0 Å². The van der Waals surface area contributed by atoms with Gasteiger partial charge in [-0.05, 0) is 19.4 Å². The molecule has 0 aliphatic heterocycles. The molecule has 0 spiro atoms. The molecule has 0 amide bonds. The van der Waals surface area contributed by atoms with Gasteiger partial charge < -0.3 is 4.74 Å². The number of hydrogen-bond donors (Lipinski definition) is 0. The van der Waals surface area contributed by atoms with E-state index in [2.05, 4.69) is 14.8 Å². The first-order chi connectivity index (χ1) is 7.98. The molecule has 0 aliphatic carbocycles. The molecule has 4 nitrogen and oxygen atoms in total. The van der Waals surface area contributed by atoms with E-state index in [0.29, 0.717) is 18.2 Å². The van der Waals surface area contributed by atoms with Gasteiger partial charge in [-0.3, -0.25) is 0 Å². The van der Waals surface area contributed by atoms with E-state index in [9.17, 15) is 8.78 Å². The maximum absolute atomic E-state index is 12.6. The summed E-state index contributed by atoms with van der Waals surface area (Å²) in [4.78, 5) is 3.81. The molecule has 94 valence electrons. The van der Waals surface area contributed by atoms with E-state index in [1.165, 1.54) is 17.3 Å². The minimum absolute atomic E-state index is 0.181. The molecule has 17 heavy (non-hydrogen) atoms. The summed E-state index contributed by atoms with van der Waals surface area (Å²) < 4.78 is 31.2. The van der Waals surface area contributed by atoms with Crippen LogP contribution in [0.1, 0.15) is 20.8 Å². The van der Waals surface area contributed by atoms with Gasteiger partial charge in [-0.25, -0.2) is 9.67 Å². The minimum Gasteiger partial charge on any atom is -0.316 e. The quantitative estimate of drug-likeness (QED) is 0.746. The van der Waals surface area contributed by atoms with Crippen LogP contribution < -0.4 is 0 Å². The predicted octanol–water partition coefficient (Wildman–Crippen LogP) is 2.71. The van der Waals surface area contributed by atoms with Gasteiger partial charge >= 0.3 is 6.11 Å². The average molecular weight is 243 g/mol. The van der Waals surface area contributed by atoms with Gasteiger partial charge in [0, 0.05) is 6.92 Å². The Morgan fingerprint density at radius 3 is 2.53 bits per heavy atom. The Kier molecular flexibility index (Phi) is 4.51. The van der Waals surface area contributed by atoms with Gasteiger partial charge in [-0.1, -0.05) is 12.2 Å². The van der Waals surface area contributed by atoms with Crippen molar-refractivity contribution in [3.05, 3.63) is 30.4 Å². The third-order valence-corrected chi connectivity index (χ3v) is 2.10. The van der Waals surface area contributed by atoms with Crippen LogP contribution in [0.4, 0.5) is 8.78 Å². The fourth-order valence-electron chi connectivity index (χ4n) is 1.31. The highest BCUT2D eigenvalue weighted by Crippen LogP contribution is 2.20. The van der Waals surface area contributed by atoms with Crippen molar-refractivity contribution in [2.24, 2.45) is 0 Å². The van der Waals surface area contributed by atoms with Gasteiger partial charge in [0.05, 0.1) is 12.3 Å². The topological polar surface area (TPSA) is 39.9 Å². The molecular weight excluding hydrogens is 228 g/mol. The summed E-state index contributed by atoms with van der Waals surface area (Å²) in [5.41, 5.74) is 1.30. The van der Waals surface area contributed by atoms with Crippen molar-refractivity contribution in [1.29, 1.82) is 0 Å². The highest BCUT2D eigenvalue weighted by Gasteiger charge is 2.22. The van der Waals surface area contributed by atoms with E-state index in [-0.39, 0.29) is 6.61 Å². The van der Waals surface area contributed by atoms with Crippen molar-refractivity contribution in [2.45, 2.75) is 26.9 Å². The van der Waals surface area contributed by atoms with E-state index < -0.39 is 6.11 Å². The van der Waals surface area contributed by atoms with Gasteiger partial charge in [0.2, 0.25) is 0 Å². The molecule has 0 aromatic carbocycles. The first-order valence-electron chi connectivity index (χ1n) is 5.16. The Balaban J connectivity index is 2.81. The number of rotatable bonds is 5. The van der Waals surface area contributed by atoms with Crippen molar-refractivity contribution in [1.82, 2.24) is 14.8 Å². The second kappa shape index (κ2) is 5.67. The predicted molar refractivity (Wildman–Crippen MR) is 60.3 cm³/mol. The highest BCUT2D eigenvalue weighted by molar-refractivity contribution is 5.63. The van der Waals surface area contributed by atoms with Gasteiger partial charge in [0.15, 0.2) is 0 Å². The van der Waals surface area contributed by atoms with Crippen LogP contribution in [-0.4, -0.2) is 27.5 Å². The van der Waals surface area contributed by atoms with Crippen LogP contribution in [0.15, 0.2) is 30.4 Å². The van der Waals surface area contributed by atoms with Gasteiger partial charge in [-0.15, -0.1) is 0 Å². The van der Waals surface area contributed by atoms with Crippen molar-refractivity contribution >= 4 is 5.70 Å². The number of aromatic nitrogens is 3. The van der Waals surface area contributed by atoms with E-state index in [1.807, 2.05) is 0 Å². The van der Waals surface area contributed by atoms with E-state index in [0.717, 1.165) is 0 Å². The maximum Gasteiger partial charge on any atom is 0.353 e. The maximum atomic E-state index is 12.6. The molecule has 0 saturated carbocycles. The van der Waals surface area contributed by atoms with Crippen LogP contribution in [0.25, 0.3) is 5.70 Å². The number of halogens is 2. The molecule has 0 radical (unpaired) electrons. The molecule has 1 rings (SSSR count). The number of hydrogen-bond acceptors (Lipinski definition) is 3. The summed E-state index contributed by atoms with van der Waals surface area (Å²) in [7, 11) is 0. The van der Waals surface area contributed by atoms with Crippen molar-refractivity contribution in [3.8, 4) is 0 Å². The average Bonchev–Trinajstić information content (AvgIpc) is 2.76. The number of alkyl halides is 2. The lowest BCUT2D eigenvalue weighted by atomic mass is 10.2. The summed E-state index contributed by atoms with van der Waals surface area (Å²) in [6, 6.07) is 0. The molecule has 0 saturated heterocycles. The number of nitrogens with zero attached hydrogens (tertiary/aromatic N) is 3. The zero-order valence-electron chi connectivity index (χ0n) is 10.0. The lowest BCUT2D eigenvalue weighted by Crippen LogP contribution is -2.18. The summed E-state index contributed by atoms with van der Waals surface area (Å²) in [6.45, 7) is 4.09. The Morgan fingerprint density at radius 2 is 2.12 bits per heavy atom. The molecule has 1 aromatic rings. The normalized spacial score (nSPS) is 14.2. The molecule has 0 unspecified atom stereocenters.